The quantitative estimate of drug-likeness (QED) is 0.0700. The topological polar surface area (TPSA) is 170 Å². The molecule has 0 radical (unpaired) electrons. The van der Waals surface area contributed by atoms with Gasteiger partial charge in [-0.15, -0.1) is 0 Å². The van der Waals surface area contributed by atoms with E-state index in [1.807, 2.05) is 24.3 Å². The van der Waals surface area contributed by atoms with Crippen LogP contribution in [0.3, 0.4) is 0 Å². The lowest BCUT2D eigenvalue weighted by molar-refractivity contribution is -0.133. The van der Waals surface area contributed by atoms with Crippen molar-refractivity contribution >= 4 is 85.7 Å². The van der Waals surface area contributed by atoms with Gasteiger partial charge in [-0.1, -0.05) is 19.1 Å². The maximum atomic E-state index is 13.5. The Kier molecular flexibility index (Phi) is 13.4. The van der Waals surface area contributed by atoms with E-state index in [0.717, 1.165) is 82.9 Å². The van der Waals surface area contributed by atoms with E-state index in [2.05, 4.69) is 98.0 Å². The standard InChI is InChI=1S/C45H55BrN11O4P/c1-5-30-26-37(52-45-49-28-33(46)43(54-45)51-35-11-10-34-41(48-18-17-47-34)42(35)62(3,4)60)39(61-2)27-38(30)57-20-15-32(16-21-57)56-24-22-55(23-25-56)19-14-29-6-8-31(9-7-29)50-36-12-13-40(58)53-44(36)59/h6-11,17-18,26-28,32,36,50H,5,12-16,19-25H2,1-4H3,(H,53,58,59)(H2,49,51,52,54). The Morgan fingerprint density at radius 2 is 1.66 bits per heavy atom. The lowest BCUT2D eigenvalue weighted by Crippen LogP contribution is -2.53. The van der Waals surface area contributed by atoms with E-state index < -0.39 is 7.14 Å². The lowest BCUT2D eigenvalue weighted by atomic mass is 9.99. The van der Waals surface area contributed by atoms with Crippen molar-refractivity contribution in [1.82, 2.24) is 35.1 Å². The number of nitrogens with one attached hydrogen (secondary N) is 4. The van der Waals surface area contributed by atoms with E-state index in [9.17, 15) is 14.2 Å². The molecule has 3 aliphatic rings. The van der Waals surface area contributed by atoms with Crippen LogP contribution < -0.4 is 36.2 Å². The summed E-state index contributed by atoms with van der Waals surface area (Å²) in [6.45, 7) is 12.9. The molecule has 3 aliphatic heterocycles. The molecule has 5 aromatic rings. The van der Waals surface area contributed by atoms with Crippen LogP contribution in [0.2, 0.25) is 0 Å². The highest BCUT2D eigenvalue weighted by Gasteiger charge is 2.30. The van der Waals surface area contributed by atoms with Crippen LogP contribution in [-0.2, 0) is 27.0 Å². The zero-order valence-corrected chi connectivity index (χ0v) is 38.3. The van der Waals surface area contributed by atoms with Gasteiger partial charge in [0.25, 0.3) is 0 Å². The van der Waals surface area contributed by atoms with Gasteiger partial charge in [0.05, 0.1) is 33.8 Å². The zero-order chi connectivity index (χ0) is 43.4. The van der Waals surface area contributed by atoms with Crippen molar-refractivity contribution in [2.24, 2.45) is 0 Å². The molecule has 0 spiro atoms. The molecule has 17 heteroatoms. The average molecular weight is 925 g/mol. The van der Waals surface area contributed by atoms with Crippen molar-refractivity contribution in [2.45, 2.75) is 57.5 Å². The first-order chi connectivity index (χ1) is 29.9. The minimum atomic E-state index is -2.77. The third-order valence-corrected chi connectivity index (χ3v) is 14.3. The van der Waals surface area contributed by atoms with Gasteiger partial charge in [-0.2, -0.15) is 4.98 Å². The van der Waals surface area contributed by atoms with Gasteiger partial charge >= 0.3 is 0 Å². The summed E-state index contributed by atoms with van der Waals surface area (Å²) in [5.41, 5.74) is 7.31. The summed E-state index contributed by atoms with van der Waals surface area (Å²) in [7, 11) is -1.08. The molecule has 0 saturated carbocycles. The number of aromatic nitrogens is 4. The van der Waals surface area contributed by atoms with Gasteiger partial charge in [-0.05, 0) is 103 Å². The number of anilines is 6. The van der Waals surface area contributed by atoms with Crippen LogP contribution in [0.25, 0.3) is 11.0 Å². The highest BCUT2D eigenvalue weighted by Crippen LogP contribution is 2.42. The molecule has 3 saturated heterocycles. The Bertz CT molecular complexity index is 2470. The van der Waals surface area contributed by atoms with Gasteiger partial charge in [0, 0.05) is 94.3 Å². The fourth-order valence-corrected chi connectivity index (χ4v) is 10.5. The normalized spacial score (nSPS) is 18.1. The molecule has 3 aromatic carbocycles. The fourth-order valence-electron chi connectivity index (χ4n) is 8.80. The Morgan fingerprint density at radius 1 is 0.903 bits per heavy atom. The predicted molar refractivity (Wildman–Crippen MR) is 250 cm³/mol. The summed E-state index contributed by atoms with van der Waals surface area (Å²) < 4.78 is 20.1. The minimum Gasteiger partial charge on any atom is -0.494 e. The number of nitrogens with zero attached hydrogens (tertiary/aromatic N) is 7. The maximum Gasteiger partial charge on any atom is 0.249 e. The Balaban J connectivity index is 0.848. The predicted octanol–water partition coefficient (Wildman–Crippen LogP) is 6.53. The zero-order valence-electron chi connectivity index (χ0n) is 35.8. The number of rotatable bonds is 14. The number of carbonyl (C=O) groups excluding carboxylic acids is 2. The van der Waals surface area contributed by atoms with Crippen molar-refractivity contribution in [3.8, 4) is 5.75 Å². The molecule has 326 valence electrons. The van der Waals surface area contributed by atoms with Crippen LogP contribution in [0.15, 0.2) is 71.6 Å². The fraction of sp³-hybridized carbons (Fsp3) is 0.422. The van der Waals surface area contributed by atoms with E-state index in [-0.39, 0.29) is 17.9 Å². The van der Waals surface area contributed by atoms with Crippen molar-refractivity contribution in [3.63, 3.8) is 0 Å². The van der Waals surface area contributed by atoms with Crippen molar-refractivity contribution in [1.29, 1.82) is 0 Å². The summed E-state index contributed by atoms with van der Waals surface area (Å²) >= 11 is 3.60. The molecule has 8 rings (SSSR count). The number of ether oxygens (including phenoxy) is 1. The van der Waals surface area contributed by atoms with E-state index in [4.69, 9.17) is 9.72 Å². The molecule has 4 N–H and O–H groups in total. The van der Waals surface area contributed by atoms with E-state index >= 15 is 0 Å². The lowest BCUT2D eigenvalue weighted by Gasteiger charge is -2.43. The van der Waals surface area contributed by atoms with Gasteiger partial charge in [0.2, 0.25) is 17.8 Å². The Morgan fingerprint density at radius 3 is 2.37 bits per heavy atom. The summed E-state index contributed by atoms with van der Waals surface area (Å²) in [5, 5.41) is 13.1. The molecule has 1 atom stereocenters. The van der Waals surface area contributed by atoms with Crippen molar-refractivity contribution in [2.75, 3.05) is 87.1 Å². The summed E-state index contributed by atoms with van der Waals surface area (Å²) in [6, 6.07) is 16.5. The van der Waals surface area contributed by atoms with Gasteiger partial charge in [-0.25, -0.2) is 4.98 Å². The number of fused-ring (bicyclic) bond motifs is 1. The van der Waals surface area contributed by atoms with Gasteiger partial charge in [0.1, 0.15) is 30.3 Å². The molecule has 3 fully saturated rings. The second kappa shape index (κ2) is 19.1. The van der Waals surface area contributed by atoms with Crippen molar-refractivity contribution in [3.05, 3.63) is 82.7 Å². The highest BCUT2D eigenvalue weighted by atomic mass is 79.9. The van der Waals surface area contributed by atoms with Crippen LogP contribution in [0.1, 0.15) is 43.7 Å². The molecule has 0 bridgehead atoms. The first-order valence-electron chi connectivity index (χ1n) is 21.4. The molecule has 1 unspecified atom stereocenters. The number of amides is 2. The monoisotopic (exact) mass is 923 g/mol. The molecular weight excluding hydrogens is 869 g/mol. The van der Waals surface area contributed by atoms with E-state index in [1.54, 1.807) is 39.0 Å². The first-order valence-corrected chi connectivity index (χ1v) is 24.8. The molecular formula is C45H55BrN11O4P. The number of carbonyl (C=O) groups is 2. The Hall–Kier alpha value is -5.15. The molecule has 0 aliphatic carbocycles. The number of piperidine rings is 2. The molecule has 5 heterocycles. The number of benzene rings is 3. The maximum absolute atomic E-state index is 13.5. The van der Waals surface area contributed by atoms with Gasteiger partial charge in [-0.3, -0.25) is 29.8 Å². The summed E-state index contributed by atoms with van der Waals surface area (Å²) in [5.74, 6) is 1.16. The Labute approximate surface area is 371 Å². The minimum absolute atomic E-state index is 0.202. The number of hydrogen-bond acceptors (Lipinski definition) is 14. The number of hydrogen-bond donors (Lipinski definition) is 4. The molecule has 15 nitrogen and oxygen atoms in total. The van der Waals surface area contributed by atoms with Gasteiger partial charge in [0.15, 0.2) is 0 Å². The van der Waals surface area contributed by atoms with Crippen LogP contribution in [0.4, 0.5) is 34.5 Å². The summed E-state index contributed by atoms with van der Waals surface area (Å²) in [6.07, 6.45) is 9.88. The highest BCUT2D eigenvalue weighted by molar-refractivity contribution is 9.10. The van der Waals surface area contributed by atoms with Gasteiger partial charge < -0.3 is 35.1 Å². The smallest absolute Gasteiger partial charge is 0.249 e. The van der Waals surface area contributed by atoms with E-state index in [0.29, 0.717) is 62.9 Å². The number of aryl methyl sites for hydroxylation is 1. The van der Waals surface area contributed by atoms with Crippen LogP contribution in [0.5, 0.6) is 5.75 Å². The van der Waals surface area contributed by atoms with Crippen molar-refractivity contribution < 1.29 is 18.9 Å². The number of halogens is 1. The number of piperazine rings is 1. The van der Waals surface area contributed by atoms with Crippen LogP contribution in [-0.4, -0.2) is 120 Å². The number of methoxy groups -OCH3 is 1. The summed E-state index contributed by atoms with van der Waals surface area (Å²) in [4.78, 5) is 49.7. The van der Waals surface area contributed by atoms with Crippen LogP contribution >= 0.6 is 23.1 Å². The first kappa shape index (κ1) is 43.5. The van der Waals surface area contributed by atoms with E-state index in [1.165, 1.54) is 16.8 Å². The SMILES string of the molecule is CCc1cc(Nc2ncc(Br)c(Nc3ccc4nccnc4c3P(C)(C)=O)n2)c(OC)cc1N1CCC(N2CCN(CCc3ccc(NC4CCC(=O)NC4=O)cc3)CC2)CC1. The second-order valence-corrected chi connectivity index (χ2v) is 20.6. The van der Waals surface area contributed by atoms with Crippen LogP contribution in [0, 0.1) is 0 Å². The molecule has 2 aromatic heterocycles. The average Bonchev–Trinajstić information content (AvgIpc) is 3.27. The third-order valence-electron chi connectivity index (χ3n) is 12.2. The second-order valence-electron chi connectivity index (χ2n) is 16.6. The molecule has 62 heavy (non-hydrogen) atoms. The third kappa shape index (κ3) is 10.0. The number of imide groups is 1. The largest absolute Gasteiger partial charge is 0.494 e. The molecule has 2 amide bonds.